The highest BCUT2D eigenvalue weighted by atomic mass is 79.9. The molecule has 1 heterocycles. The highest BCUT2D eigenvalue weighted by Crippen LogP contribution is 2.27. The quantitative estimate of drug-likeness (QED) is 0.877. The topological polar surface area (TPSA) is 63.8 Å². The van der Waals surface area contributed by atoms with Gasteiger partial charge in [-0.25, -0.2) is 4.98 Å². The molecule has 0 bridgehead atoms. The third kappa shape index (κ3) is 2.70. The first kappa shape index (κ1) is 11.3. The van der Waals surface area contributed by atoms with Crippen molar-refractivity contribution in [2.45, 2.75) is 0 Å². The summed E-state index contributed by atoms with van der Waals surface area (Å²) < 4.78 is 1.92. The number of nitrogens with zero attached hydrogens (tertiary/aromatic N) is 2. The number of hydrogen-bond acceptors (Lipinski definition) is 4. The van der Waals surface area contributed by atoms with E-state index in [2.05, 4.69) is 47.1 Å². The number of hydrogen-bond donors (Lipinski definition) is 2. The van der Waals surface area contributed by atoms with Crippen LogP contribution in [0, 0.1) is 0 Å². The molecule has 0 aliphatic rings. The number of rotatable bonds is 2. The summed E-state index contributed by atoms with van der Waals surface area (Å²) in [5, 5.41) is 3.07. The van der Waals surface area contributed by atoms with Crippen molar-refractivity contribution < 1.29 is 0 Å². The van der Waals surface area contributed by atoms with Crippen LogP contribution in [0.25, 0.3) is 0 Å². The molecule has 1 aromatic heterocycles. The van der Waals surface area contributed by atoms with E-state index < -0.39 is 0 Å². The molecule has 6 heteroatoms. The fourth-order valence-corrected chi connectivity index (χ4v) is 2.29. The van der Waals surface area contributed by atoms with Gasteiger partial charge in [0.05, 0.1) is 5.69 Å². The molecule has 2 rings (SSSR count). The van der Waals surface area contributed by atoms with E-state index in [4.69, 9.17) is 5.73 Å². The van der Waals surface area contributed by atoms with Crippen LogP contribution in [-0.4, -0.2) is 9.97 Å². The van der Waals surface area contributed by atoms with Crippen molar-refractivity contribution in [2.24, 2.45) is 0 Å². The first-order valence-electron chi connectivity index (χ1n) is 4.46. The molecule has 0 aliphatic heterocycles. The third-order valence-corrected chi connectivity index (χ3v) is 3.00. The Bertz CT molecular complexity index is 516. The summed E-state index contributed by atoms with van der Waals surface area (Å²) in [6.45, 7) is 0. The predicted molar refractivity (Wildman–Crippen MR) is 71.6 cm³/mol. The van der Waals surface area contributed by atoms with Crippen LogP contribution in [0.4, 0.5) is 17.5 Å². The second-order valence-electron chi connectivity index (χ2n) is 3.05. The maximum Gasteiger partial charge on any atom is 0.229 e. The van der Waals surface area contributed by atoms with Gasteiger partial charge >= 0.3 is 0 Å². The predicted octanol–water partition coefficient (Wildman–Crippen LogP) is 3.33. The second-order valence-corrected chi connectivity index (χ2v) is 4.82. The van der Waals surface area contributed by atoms with Gasteiger partial charge in [-0.2, -0.15) is 4.98 Å². The standard InChI is InChI=1S/C10H8Br2N4/c11-6-1-2-8(7(12)5-6)15-10-14-4-3-9(13)16-10/h1-5H,(H3,13,14,15,16). The van der Waals surface area contributed by atoms with Crippen molar-refractivity contribution in [2.75, 3.05) is 11.1 Å². The van der Waals surface area contributed by atoms with Gasteiger partial charge in [0.2, 0.25) is 5.95 Å². The smallest absolute Gasteiger partial charge is 0.229 e. The fraction of sp³-hybridized carbons (Fsp3) is 0. The summed E-state index contributed by atoms with van der Waals surface area (Å²) in [4.78, 5) is 8.12. The summed E-state index contributed by atoms with van der Waals surface area (Å²) in [6, 6.07) is 7.43. The molecular weight excluding hydrogens is 336 g/mol. The number of aromatic nitrogens is 2. The maximum absolute atomic E-state index is 5.56. The number of halogens is 2. The summed E-state index contributed by atoms with van der Waals surface area (Å²) >= 11 is 6.83. The first-order valence-corrected chi connectivity index (χ1v) is 6.04. The summed E-state index contributed by atoms with van der Waals surface area (Å²) in [5.74, 6) is 0.911. The van der Waals surface area contributed by atoms with Crippen LogP contribution in [0.15, 0.2) is 39.4 Å². The molecule has 0 saturated heterocycles. The van der Waals surface area contributed by atoms with Crippen molar-refractivity contribution in [1.82, 2.24) is 9.97 Å². The summed E-state index contributed by atoms with van der Waals surface area (Å²) in [6.07, 6.45) is 1.61. The monoisotopic (exact) mass is 342 g/mol. The van der Waals surface area contributed by atoms with E-state index in [1.54, 1.807) is 12.3 Å². The van der Waals surface area contributed by atoms with E-state index >= 15 is 0 Å². The van der Waals surface area contributed by atoms with Crippen LogP contribution in [0.2, 0.25) is 0 Å². The zero-order valence-electron chi connectivity index (χ0n) is 8.11. The molecule has 0 saturated carbocycles. The van der Waals surface area contributed by atoms with Crippen LogP contribution in [-0.2, 0) is 0 Å². The van der Waals surface area contributed by atoms with Crippen LogP contribution >= 0.6 is 31.9 Å². The van der Waals surface area contributed by atoms with E-state index in [0.717, 1.165) is 14.6 Å². The summed E-state index contributed by atoms with van der Waals surface area (Å²) in [5.41, 5.74) is 6.45. The largest absolute Gasteiger partial charge is 0.384 e. The van der Waals surface area contributed by atoms with Crippen LogP contribution < -0.4 is 11.1 Å². The highest BCUT2D eigenvalue weighted by molar-refractivity contribution is 9.11. The average molecular weight is 344 g/mol. The average Bonchev–Trinajstić information content (AvgIpc) is 2.22. The lowest BCUT2D eigenvalue weighted by atomic mass is 10.3. The van der Waals surface area contributed by atoms with Gasteiger partial charge in [-0.3, -0.25) is 0 Å². The zero-order chi connectivity index (χ0) is 11.5. The Morgan fingerprint density at radius 2 is 2.00 bits per heavy atom. The van der Waals surface area contributed by atoms with E-state index in [0.29, 0.717) is 11.8 Å². The first-order chi connectivity index (χ1) is 7.65. The van der Waals surface area contributed by atoms with Crippen molar-refractivity contribution in [3.05, 3.63) is 39.4 Å². The van der Waals surface area contributed by atoms with Crippen molar-refractivity contribution in [1.29, 1.82) is 0 Å². The van der Waals surface area contributed by atoms with Gasteiger partial charge in [-0.15, -0.1) is 0 Å². The maximum atomic E-state index is 5.56. The number of anilines is 3. The van der Waals surface area contributed by atoms with Gasteiger partial charge in [0.15, 0.2) is 0 Å². The summed E-state index contributed by atoms with van der Waals surface area (Å²) in [7, 11) is 0. The van der Waals surface area contributed by atoms with Gasteiger partial charge < -0.3 is 11.1 Å². The fourth-order valence-electron chi connectivity index (χ4n) is 1.14. The molecule has 0 spiro atoms. The molecule has 0 atom stereocenters. The van der Waals surface area contributed by atoms with Gasteiger partial charge in [0.25, 0.3) is 0 Å². The number of nitrogen functional groups attached to an aromatic ring is 1. The van der Waals surface area contributed by atoms with Crippen molar-refractivity contribution in [3.63, 3.8) is 0 Å². The number of benzene rings is 1. The normalized spacial score (nSPS) is 10.1. The van der Waals surface area contributed by atoms with Crippen LogP contribution in [0.1, 0.15) is 0 Å². The third-order valence-electron chi connectivity index (χ3n) is 1.85. The van der Waals surface area contributed by atoms with E-state index in [1.807, 2.05) is 18.2 Å². The Morgan fingerprint density at radius 3 is 2.69 bits per heavy atom. The zero-order valence-corrected chi connectivity index (χ0v) is 11.3. The minimum absolute atomic E-state index is 0.436. The number of nitrogens with two attached hydrogens (primary N) is 1. The van der Waals surface area contributed by atoms with Crippen molar-refractivity contribution >= 4 is 49.3 Å². The van der Waals surface area contributed by atoms with Crippen molar-refractivity contribution in [3.8, 4) is 0 Å². The Balaban J connectivity index is 2.27. The molecule has 16 heavy (non-hydrogen) atoms. The molecule has 3 N–H and O–H groups in total. The highest BCUT2D eigenvalue weighted by Gasteiger charge is 2.02. The molecule has 0 unspecified atom stereocenters. The van der Waals surface area contributed by atoms with Gasteiger partial charge in [0, 0.05) is 15.1 Å². The van der Waals surface area contributed by atoms with E-state index in [1.165, 1.54) is 0 Å². The Labute approximate surface area is 110 Å². The van der Waals surface area contributed by atoms with Crippen LogP contribution in [0.5, 0.6) is 0 Å². The van der Waals surface area contributed by atoms with E-state index in [-0.39, 0.29) is 0 Å². The lowest BCUT2D eigenvalue weighted by Gasteiger charge is -2.07. The van der Waals surface area contributed by atoms with Gasteiger partial charge in [-0.1, -0.05) is 15.9 Å². The lowest BCUT2D eigenvalue weighted by molar-refractivity contribution is 1.17. The molecule has 0 fully saturated rings. The van der Waals surface area contributed by atoms with Gasteiger partial charge in [-0.05, 0) is 40.2 Å². The van der Waals surface area contributed by atoms with E-state index in [9.17, 15) is 0 Å². The Morgan fingerprint density at radius 1 is 1.19 bits per heavy atom. The molecule has 0 radical (unpaired) electrons. The Hall–Kier alpha value is -1.14. The Kier molecular flexibility index (Phi) is 3.40. The molecular formula is C10H8Br2N4. The van der Waals surface area contributed by atoms with Gasteiger partial charge in [0.1, 0.15) is 5.82 Å². The molecule has 0 amide bonds. The second kappa shape index (κ2) is 4.80. The molecule has 2 aromatic rings. The molecule has 0 aliphatic carbocycles. The molecule has 4 nitrogen and oxygen atoms in total. The van der Waals surface area contributed by atoms with Crippen LogP contribution in [0.3, 0.4) is 0 Å². The SMILES string of the molecule is Nc1ccnc(Nc2ccc(Br)cc2Br)n1. The lowest BCUT2D eigenvalue weighted by Crippen LogP contribution is -1.99. The molecule has 82 valence electrons. The molecule has 1 aromatic carbocycles. The number of nitrogens with one attached hydrogen (secondary N) is 1. The minimum Gasteiger partial charge on any atom is -0.384 e. The minimum atomic E-state index is 0.436.